The van der Waals surface area contributed by atoms with Crippen LogP contribution in [0.4, 0.5) is 0 Å². The molecule has 18 heavy (non-hydrogen) atoms. The number of halogens is 1. The first-order valence-electron chi connectivity index (χ1n) is 5.29. The highest BCUT2D eigenvalue weighted by Gasteiger charge is 2.19. The van der Waals surface area contributed by atoms with Crippen molar-refractivity contribution < 1.29 is 17.9 Å². The van der Waals surface area contributed by atoms with E-state index < -0.39 is 15.8 Å². The van der Waals surface area contributed by atoms with Gasteiger partial charge in [0.1, 0.15) is 0 Å². The molecule has 1 aromatic carbocycles. The maximum Gasteiger partial charge on any atom is 0.338 e. The minimum absolute atomic E-state index is 0.270. The molecule has 0 unspecified atom stereocenters. The third-order valence-corrected chi connectivity index (χ3v) is 4.28. The van der Waals surface area contributed by atoms with Gasteiger partial charge in [0, 0.05) is 11.6 Å². The SMILES string of the molecule is COC(=O)c1ccc(S(C)(=O)=O)c(CCBr)c1C. The Kier molecular flexibility index (Phi) is 4.92. The predicted molar refractivity (Wildman–Crippen MR) is 73.1 cm³/mol. The summed E-state index contributed by atoms with van der Waals surface area (Å²) in [5, 5.41) is 0.626. The summed E-state index contributed by atoms with van der Waals surface area (Å²) in [4.78, 5) is 11.8. The van der Waals surface area contributed by atoms with Gasteiger partial charge in [0.2, 0.25) is 0 Å². The number of esters is 1. The summed E-state index contributed by atoms with van der Waals surface area (Å²) in [6.07, 6.45) is 1.70. The number of benzene rings is 1. The normalized spacial score (nSPS) is 11.3. The molecule has 100 valence electrons. The zero-order chi connectivity index (χ0) is 13.9. The van der Waals surface area contributed by atoms with Crippen LogP contribution in [0.3, 0.4) is 0 Å². The Balaban J connectivity index is 3.52. The molecule has 0 aliphatic carbocycles. The van der Waals surface area contributed by atoms with Crippen molar-refractivity contribution in [2.75, 3.05) is 18.7 Å². The van der Waals surface area contributed by atoms with Crippen molar-refractivity contribution in [2.45, 2.75) is 18.2 Å². The summed E-state index contributed by atoms with van der Waals surface area (Å²) in [6.45, 7) is 1.74. The third-order valence-electron chi connectivity index (χ3n) is 2.70. The van der Waals surface area contributed by atoms with Crippen LogP contribution in [0.2, 0.25) is 0 Å². The molecule has 4 nitrogen and oxygen atoms in total. The van der Waals surface area contributed by atoms with Gasteiger partial charge in [0.25, 0.3) is 0 Å². The van der Waals surface area contributed by atoms with Gasteiger partial charge in [-0.2, -0.15) is 0 Å². The maximum absolute atomic E-state index is 11.7. The number of ether oxygens (including phenoxy) is 1. The summed E-state index contributed by atoms with van der Waals surface area (Å²) in [7, 11) is -2.00. The molecule has 0 aromatic heterocycles. The van der Waals surface area contributed by atoms with Gasteiger partial charge in [-0.25, -0.2) is 13.2 Å². The molecule has 0 saturated carbocycles. The van der Waals surface area contributed by atoms with Crippen LogP contribution in [0.25, 0.3) is 0 Å². The lowest BCUT2D eigenvalue weighted by atomic mass is 10.0. The van der Waals surface area contributed by atoms with Crippen molar-refractivity contribution in [3.8, 4) is 0 Å². The molecule has 0 spiro atoms. The molecule has 0 amide bonds. The number of methoxy groups -OCH3 is 1. The van der Waals surface area contributed by atoms with E-state index in [2.05, 4.69) is 20.7 Å². The molecule has 0 saturated heterocycles. The lowest BCUT2D eigenvalue weighted by Crippen LogP contribution is -2.11. The molecule has 0 aliphatic rings. The van der Waals surface area contributed by atoms with Crippen molar-refractivity contribution in [3.05, 3.63) is 28.8 Å². The van der Waals surface area contributed by atoms with Crippen LogP contribution in [0.5, 0.6) is 0 Å². The summed E-state index contributed by atoms with van der Waals surface area (Å²) >= 11 is 3.29. The number of sulfone groups is 1. The summed E-state index contributed by atoms with van der Waals surface area (Å²) in [5.41, 5.74) is 1.72. The van der Waals surface area contributed by atoms with Crippen LogP contribution in [-0.2, 0) is 21.0 Å². The van der Waals surface area contributed by atoms with Crippen LogP contribution in [-0.4, -0.2) is 33.1 Å². The Morgan fingerprint density at radius 2 is 2.00 bits per heavy atom. The Morgan fingerprint density at radius 3 is 2.44 bits per heavy atom. The van der Waals surface area contributed by atoms with E-state index in [0.717, 1.165) is 6.26 Å². The Morgan fingerprint density at radius 1 is 1.39 bits per heavy atom. The van der Waals surface area contributed by atoms with Gasteiger partial charge in [0.05, 0.1) is 17.6 Å². The van der Waals surface area contributed by atoms with Crippen molar-refractivity contribution in [1.82, 2.24) is 0 Å². The quantitative estimate of drug-likeness (QED) is 0.625. The maximum atomic E-state index is 11.7. The average Bonchev–Trinajstić information content (AvgIpc) is 2.29. The number of hydrogen-bond donors (Lipinski definition) is 0. The largest absolute Gasteiger partial charge is 0.465 e. The van der Waals surface area contributed by atoms with Crippen molar-refractivity contribution >= 4 is 31.7 Å². The number of alkyl halides is 1. The molecule has 1 rings (SSSR count). The van der Waals surface area contributed by atoms with Crippen molar-refractivity contribution in [3.63, 3.8) is 0 Å². The average molecular weight is 335 g/mol. The minimum atomic E-state index is -3.30. The van der Waals surface area contributed by atoms with Crippen LogP contribution < -0.4 is 0 Å². The highest BCUT2D eigenvalue weighted by Crippen LogP contribution is 2.24. The molecule has 0 N–H and O–H groups in total. The van der Waals surface area contributed by atoms with Crippen LogP contribution in [0, 0.1) is 6.92 Å². The lowest BCUT2D eigenvalue weighted by molar-refractivity contribution is 0.0599. The summed E-state index contributed by atoms with van der Waals surface area (Å²) in [6, 6.07) is 2.96. The van der Waals surface area contributed by atoms with Crippen LogP contribution in [0.1, 0.15) is 21.5 Å². The first-order chi connectivity index (χ1) is 8.32. The lowest BCUT2D eigenvalue weighted by Gasteiger charge is -2.13. The van der Waals surface area contributed by atoms with E-state index in [1.807, 2.05) is 0 Å². The number of rotatable bonds is 4. The van der Waals surface area contributed by atoms with E-state index in [9.17, 15) is 13.2 Å². The minimum Gasteiger partial charge on any atom is -0.465 e. The molecule has 6 heteroatoms. The van der Waals surface area contributed by atoms with E-state index in [-0.39, 0.29) is 4.90 Å². The van der Waals surface area contributed by atoms with E-state index in [0.29, 0.717) is 28.4 Å². The summed E-state index contributed by atoms with van der Waals surface area (Å²) in [5.74, 6) is -0.455. The number of hydrogen-bond acceptors (Lipinski definition) is 4. The monoisotopic (exact) mass is 334 g/mol. The van der Waals surface area contributed by atoms with Gasteiger partial charge in [-0.1, -0.05) is 15.9 Å². The van der Waals surface area contributed by atoms with Gasteiger partial charge < -0.3 is 4.74 Å². The van der Waals surface area contributed by atoms with Gasteiger partial charge >= 0.3 is 5.97 Å². The number of carbonyl (C=O) groups is 1. The first kappa shape index (κ1) is 15.2. The highest BCUT2D eigenvalue weighted by atomic mass is 79.9. The van der Waals surface area contributed by atoms with Gasteiger partial charge in [-0.3, -0.25) is 0 Å². The standard InChI is InChI=1S/C12H15BrO4S/c1-8-9(6-7-13)11(18(3,15)16)5-4-10(8)12(14)17-2/h4-5H,6-7H2,1-3H3. The fourth-order valence-electron chi connectivity index (χ4n) is 1.82. The molecule has 0 atom stereocenters. The fourth-order valence-corrected chi connectivity index (χ4v) is 3.23. The van der Waals surface area contributed by atoms with Crippen LogP contribution >= 0.6 is 15.9 Å². The molecular formula is C12H15BrO4S. The predicted octanol–water partition coefficient (Wildman–Crippen LogP) is 2.12. The Bertz CT molecular complexity index is 564. The second-order valence-electron chi connectivity index (χ2n) is 3.92. The van der Waals surface area contributed by atoms with Gasteiger partial charge in [-0.05, 0) is 36.6 Å². The molecular weight excluding hydrogens is 320 g/mol. The van der Waals surface area contributed by atoms with E-state index >= 15 is 0 Å². The van der Waals surface area contributed by atoms with Gasteiger partial charge in [0.15, 0.2) is 9.84 Å². The Labute approximate surface area is 115 Å². The van der Waals surface area contributed by atoms with Gasteiger partial charge in [-0.15, -0.1) is 0 Å². The molecule has 0 bridgehead atoms. The van der Waals surface area contributed by atoms with Crippen molar-refractivity contribution in [1.29, 1.82) is 0 Å². The van der Waals surface area contributed by atoms with Crippen molar-refractivity contribution in [2.24, 2.45) is 0 Å². The third kappa shape index (κ3) is 3.11. The second kappa shape index (κ2) is 5.84. The van der Waals surface area contributed by atoms with E-state index in [4.69, 9.17) is 0 Å². The van der Waals surface area contributed by atoms with E-state index in [1.165, 1.54) is 19.2 Å². The summed E-state index contributed by atoms with van der Waals surface area (Å²) < 4.78 is 28.1. The molecule has 0 heterocycles. The smallest absolute Gasteiger partial charge is 0.338 e. The molecule has 0 radical (unpaired) electrons. The topological polar surface area (TPSA) is 60.4 Å². The fraction of sp³-hybridized carbons (Fsp3) is 0.417. The Hall–Kier alpha value is -0.880. The first-order valence-corrected chi connectivity index (χ1v) is 8.31. The highest BCUT2D eigenvalue weighted by molar-refractivity contribution is 9.09. The zero-order valence-electron chi connectivity index (χ0n) is 10.5. The zero-order valence-corrected chi connectivity index (χ0v) is 12.9. The van der Waals surface area contributed by atoms with E-state index in [1.54, 1.807) is 6.92 Å². The van der Waals surface area contributed by atoms with Crippen LogP contribution in [0.15, 0.2) is 17.0 Å². The molecule has 0 aliphatic heterocycles. The molecule has 1 aromatic rings. The second-order valence-corrected chi connectivity index (χ2v) is 6.69. The molecule has 0 fully saturated rings. The number of carbonyl (C=O) groups excluding carboxylic acids is 1.